The molecule has 0 spiro atoms. The predicted molar refractivity (Wildman–Crippen MR) is 98.8 cm³/mol. The standard InChI is InChI=1S/C20H18ClNO4/c1-12(26-15-4-2-14(21)3-5-15)18(23)10-17-16-9-20-19(24-11-25-20)8-13(16)6-7-22-17/h2-5,8-10,12,22H,6-7,11H2,1H3/b17-10-/t12-/m1/s1. The highest BCUT2D eigenvalue weighted by molar-refractivity contribution is 6.30. The maximum Gasteiger partial charge on any atom is 0.231 e. The number of ketones is 1. The van der Waals surface area contributed by atoms with Crippen molar-refractivity contribution < 1.29 is 19.0 Å². The summed E-state index contributed by atoms with van der Waals surface area (Å²) in [7, 11) is 0. The third-order valence-electron chi connectivity index (χ3n) is 4.41. The molecule has 0 fully saturated rings. The zero-order valence-corrected chi connectivity index (χ0v) is 15.0. The highest BCUT2D eigenvalue weighted by atomic mass is 35.5. The van der Waals surface area contributed by atoms with E-state index in [2.05, 4.69) is 5.32 Å². The molecule has 2 aromatic carbocycles. The van der Waals surface area contributed by atoms with Gasteiger partial charge < -0.3 is 19.5 Å². The van der Waals surface area contributed by atoms with Crippen molar-refractivity contribution in [1.29, 1.82) is 0 Å². The van der Waals surface area contributed by atoms with Crippen LogP contribution in [-0.4, -0.2) is 25.2 Å². The quantitative estimate of drug-likeness (QED) is 0.832. The molecule has 0 saturated heterocycles. The second-order valence-corrected chi connectivity index (χ2v) is 6.65. The molecule has 5 nitrogen and oxygen atoms in total. The van der Waals surface area contributed by atoms with Gasteiger partial charge in [-0.15, -0.1) is 0 Å². The molecule has 26 heavy (non-hydrogen) atoms. The van der Waals surface area contributed by atoms with Crippen molar-refractivity contribution in [3.8, 4) is 17.2 Å². The molecular weight excluding hydrogens is 354 g/mol. The van der Waals surface area contributed by atoms with Crippen LogP contribution in [0.15, 0.2) is 42.5 Å². The average Bonchev–Trinajstić information content (AvgIpc) is 3.09. The van der Waals surface area contributed by atoms with Gasteiger partial charge in [0.2, 0.25) is 6.79 Å². The van der Waals surface area contributed by atoms with Crippen molar-refractivity contribution >= 4 is 23.1 Å². The SMILES string of the molecule is C[C@@H](Oc1ccc(Cl)cc1)C(=O)/C=C1\NCCc2cc3c(cc21)OCO3. The molecule has 0 amide bonds. The molecular formula is C20H18ClNO4. The summed E-state index contributed by atoms with van der Waals surface area (Å²) in [6, 6.07) is 10.9. The van der Waals surface area contributed by atoms with Crippen molar-refractivity contribution in [3.63, 3.8) is 0 Å². The second-order valence-electron chi connectivity index (χ2n) is 6.21. The Hall–Kier alpha value is -2.66. The van der Waals surface area contributed by atoms with Crippen molar-refractivity contribution in [3.05, 3.63) is 58.6 Å². The van der Waals surface area contributed by atoms with Crippen molar-refractivity contribution in [1.82, 2.24) is 5.32 Å². The molecule has 2 aliphatic heterocycles. The molecule has 2 aromatic rings. The lowest BCUT2D eigenvalue weighted by Gasteiger charge is -2.22. The Kier molecular flexibility index (Phi) is 4.47. The van der Waals surface area contributed by atoms with E-state index in [-0.39, 0.29) is 12.6 Å². The van der Waals surface area contributed by atoms with Crippen LogP contribution < -0.4 is 19.5 Å². The van der Waals surface area contributed by atoms with Crippen LogP contribution >= 0.6 is 11.6 Å². The number of benzene rings is 2. The number of halogens is 1. The second kappa shape index (κ2) is 6.92. The van der Waals surface area contributed by atoms with Crippen LogP contribution in [0.1, 0.15) is 18.1 Å². The van der Waals surface area contributed by atoms with Gasteiger partial charge in [0, 0.05) is 28.9 Å². The summed E-state index contributed by atoms with van der Waals surface area (Å²) in [6.07, 6.45) is 1.86. The van der Waals surface area contributed by atoms with Crippen LogP contribution in [0.3, 0.4) is 0 Å². The molecule has 0 aliphatic carbocycles. The van der Waals surface area contributed by atoms with Crippen molar-refractivity contribution in [2.75, 3.05) is 13.3 Å². The van der Waals surface area contributed by atoms with Crippen molar-refractivity contribution in [2.24, 2.45) is 0 Å². The van der Waals surface area contributed by atoms with Gasteiger partial charge in [-0.25, -0.2) is 0 Å². The number of hydrogen-bond acceptors (Lipinski definition) is 5. The van der Waals surface area contributed by atoms with Crippen LogP contribution in [0.5, 0.6) is 17.2 Å². The van der Waals surface area contributed by atoms with E-state index in [4.69, 9.17) is 25.8 Å². The summed E-state index contributed by atoms with van der Waals surface area (Å²) in [5, 5.41) is 3.92. The largest absolute Gasteiger partial charge is 0.483 e. The first kappa shape index (κ1) is 16.8. The Morgan fingerprint density at radius 2 is 1.96 bits per heavy atom. The number of fused-ring (bicyclic) bond motifs is 2. The number of rotatable bonds is 4. The minimum atomic E-state index is -0.607. The molecule has 0 radical (unpaired) electrons. The van der Waals surface area contributed by atoms with Gasteiger partial charge in [0.05, 0.1) is 0 Å². The Balaban J connectivity index is 1.55. The smallest absolute Gasteiger partial charge is 0.231 e. The molecule has 134 valence electrons. The van der Waals surface area contributed by atoms with Gasteiger partial charge in [0.25, 0.3) is 0 Å². The minimum absolute atomic E-state index is 0.118. The first-order valence-corrected chi connectivity index (χ1v) is 8.82. The summed E-state index contributed by atoms with van der Waals surface area (Å²) in [6.45, 7) is 2.73. The molecule has 0 unspecified atom stereocenters. The number of hydrogen-bond donors (Lipinski definition) is 1. The minimum Gasteiger partial charge on any atom is -0.483 e. The van der Waals surface area contributed by atoms with Gasteiger partial charge in [0.1, 0.15) is 5.75 Å². The van der Waals surface area contributed by atoms with Gasteiger partial charge in [-0.3, -0.25) is 4.79 Å². The van der Waals surface area contributed by atoms with E-state index in [1.165, 1.54) is 0 Å². The van der Waals surface area contributed by atoms with E-state index < -0.39 is 6.10 Å². The Morgan fingerprint density at radius 1 is 1.23 bits per heavy atom. The number of carbonyl (C=O) groups excluding carboxylic acids is 1. The highest BCUT2D eigenvalue weighted by Crippen LogP contribution is 2.38. The fraction of sp³-hybridized carbons (Fsp3) is 0.250. The molecule has 0 aromatic heterocycles. The first-order chi connectivity index (χ1) is 12.6. The van der Waals surface area contributed by atoms with Crippen LogP contribution in [0.4, 0.5) is 0 Å². The van der Waals surface area contributed by atoms with E-state index in [0.717, 1.165) is 35.5 Å². The van der Waals surface area contributed by atoms with Gasteiger partial charge in [-0.1, -0.05) is 11.6 Å². The monoisotopic (exact) mass is 371 g/mol. The lowest BCUT2D eigenvalue weighted by Crippen LogP contribution is -2.27. The normalized spacial score (nSPS) is 17.4. The van der Waals surface area contributed by atoms with Gasteiger partial charge in [-0.05, 0) is 55.3 Å². The predicted octanol–water partition coefficient (Wildman–Crippen LogP) is 3.59. The van der Waals surface area contributed by atoms with Crippen LogP contribution in [0, 0.1) is 0 Å². The topological polar surface area (TPSA) is 56.8 Å². The Bertz CT molecular complexity index is 876. The first-order valence-electron chi connectivity index (χ1n) is 8.45. The van der Waals surface area contributed by atoms with E-state index in [9.17, 15) is 4.79 Å². The van der Waals surface area contributed by atoms with E-state index >= 15 is 0 Å². The zero-order chi connectivity index (χ0) is 18.1. The fourth-order valence-corrected chi connectivity index (χ4v) is 3.16. The van der Waals surface area contributed by atoms with Crippen LogP contribution in [0.25, 0.3) is 5.70 Å². The van der Waals surface area contributed by atoms with Crippen molar-refractivity contribution in [2.45, 2.75) is 19.4 Å². The van der Waals surface area contributed by atoms with E-state index in [1.54, 1.807) is 37.3 Å². The van der Waals surface area contributed by atoms with Crippen LogP contribution in [-0.2, 0) is 11.2 Å². The highest BCUT2D eigenvalue weighted by Gasteiger charge is 2.23. The maximum absolute atomic E-state index is 12.6. The molecule has 2 heterocycles. The summed E-state index contributed by atoms with van der Waals surface area (Å²) >= 11 is 5.87. The van der Waals surface area contributed by atoms with E-state index in [0.29, 0.717) is 16.5 Å². The maximum atomic E-state index is 12.6. The van der Waals surface area contributed by atoms with Gasteiger partial charge in [-0.2, -0.15) is 0 Å². The zero-order valence-electron chi connectivity index (χ0n) is 14.3. The summed E-state index contributed by atoms with van der Waals surface area (Å²) in [5.74, 6) is 1.95. The Morgan fingerprint density at radius 3 is 2.73 bits per heavy atom. The molecule has 0 saturated carbocycles. The van der Waals surface area contributed by atoms with Crippen LogP contribution in [0.2, 0.25) is 5.02 Å². The molecule has 1 N–H and O–H groups in total. The number of ether oxygens (including phenoxy) is 3. The lowest BCUT2D eigenvalue weighted by molar-refractivity contribution is -0.120. The third kappa shape index (κ3) is 3.35. The lowest BCUT2D eigenvalue weighted by atomic mass is 9.96. The van der Waals surface area contributed by atoms with E-state index in [1.807, 2.05) is 12.1 Å². The molecule has 1 atom stereocenters. The molecule has 2 aliphatic rings. The number of nitrogens with one attached hydrogen (secondary N) is 1. The third-order valence-corrected chi connectivity index (χ3v) is 4.66. The average molecular weight is 372 g/mol. The van der Waals surface area contributed by atoms with Gasteiger partial charge in [0.15, 0.2) is 23.4 Å². The molecule has 4 rings (SSSR count). The molecule has 6 heteroatoms. The summed E-state index contributed by atoms with van der Waals surface area (Å²) in [5.41, 5.74) is 2.88. The summed E-state index contributed by atoms with van der Waals surface area (Å²) < 4.78 is 16.6. The fourth-order valence-electron chi connectivity index (χ4n) is 3.03. The molecule has 0 bridgehead atoms. The van der Waals surface area contributed by atoms with Gasteiger partial charge >= 0.3 is 0 Å². The summed E-state index contributed by atoms with van der Waals surface area (Å²) in [4.78, 5) is 12.6. The number of carbonyl (C=O) groups is 1. The Labute approximate surface area is 156 Å².